The SMILES string of the molecule is CCS(=O)(=O)c1ccc(O)c(NC(=O)CN(C)S(=O)(=O)c2ccc(C(C)=O)cc2)c1. The van der Waals surface area contributed by atoms with E-state index in [0.717, 1.165) is 16.4 Å². The molecule has 0 aromatic heterocycles. The molecule has 0 bridgehead atoms. The first-order valence-corrected chi connectivity index (χ1v) is 11.9. The van der Waals surface area contributed by atoms with E-state index in [4.69, 9.17) is 0 Å². The molecule has 0 atom stereocenters. The van der Waals surface area contributed by atoms with Crippen molar-refractivity contribution in [3.63, 3.8) is 0 Å². The van der Waals surface area contributed by atoms with Crippen LogP contribution in [0.1, 0.15) is 24.2 Å². The predicted octanol–water partition coefficient (Wildman–Crippen LogP) is 1.65. The third kappa shape index (κ3) is 5.23. The molecule has 2 rings (SSSR count). The molecule has 0 aliphatic carbocycles. The van der Waals surface area contributed by atoms with Crippen molar-refractivity contribution in [3.8, 4) is 5.75 Å². The molecule has 0 aliphatic rings. The summed E-state index contributed by atoms with van der Waals surface area (Å²) in [5, 5.41) is 12.2. The van der Waals surface area contributed by atoms with Gasteiger partial charge in [-0.25, -0.2) is 16.8 Å². The van der Waals surface area contributed by atoms with E-state index in [1.807, 2.05) is 0 Å². The van der Waals surface area contributed by atoms with Gasteiger partial charge in [0, 0.05) is 12.6 Å². The largest absolute Gasteiger partial charge is 0.506 e. The van der Waals surface area contributed by atoms with Crippen LogP contribution in [0.3, 0.4) is 0 Å². The van der Waals surface area contributed by atoms with Crippen molar-refractivity contribution in [2.24, 2.45) is 0 Å². The molecule has 1 amide bonds. The van der Waals surface area contributed by atoms with Crippen molar-refractivity contribution in [3.05, 3.63) is 48.0 Å². The number of Topliss-reactive ketones (excluding diaryl/α,β-unsaturated/α-hetero) is 1. The molecule has 0 unspecified atom stereocenters. The lowest BCUT2D eigenvalue weighted by atomic mass is 10.2. The molecule has 11 heteroatoms. The number of phenolic OH excluding ortho intramolecular Hbond substituents is 1. The fourth-order valence-corrected chi connectivity index (χ4v) is 4.53. The number of nitrogens with zero attached hydrogens (tertiary/aromatic N) is 1. The number of hydrogen-bond acceptors (Lipinski definition) is 7. The Morgan fingerprint density at radius 1 is 1.00 bits per heavy atom. The van der Waals surface area contributed by atoms with Crippen LogP contribution < -0.4 is 5.32 Å². The molecule has 162 valence electrons. The minimum atomic E-state index is -4.01. The maximum atomic E-state index is 12.6. The van der Waals surface area contributed by atoms with Gasteiger partial charge in [0.05, 0.1) is 27.8 Å². The highest BCUT2D eigenvalue weighted by Crippen LogP contribution is 2.27. The number of sulfonamides is 1. The van der Waals surface area contributed by atoms with Crippen molar-refractivity contribution in [2.75, 3.05) is 24.7 Å². The Morgan fingerprint density at radius 3 is 2.10 bits per heavy atom. The quantitative estimate of drug-likeness (QED) is 0.457. The standard InChI is InChI=1S/C19H22N2O7S2/c1-4-29(25,26)16-9-10-18(23)17(11-16)20-19(24)12-21(3)30(27,28)15-7-5-14(6-8-15)13(2)22/h5-11,23H,4,12H2,1-3H3,(H,20,24). The number of nitrogens with one attached hydrogen (secondary N) is 1. The number of aromatic hydroxyl groups is 1. The van der Waals surface area contributed by atoms with Gasteiger partial charge in [0.25, 0.3) is 0 Å². The molecule has 0 radical (unpaired) electrons. The molecule has 0 aliphatic heterocycles. The maximum Gasteiger partial charge on any atom is 0.243 e. The molecule has 0 fully saturated rings. The summed E-state index contributed by atoms with van der Waals surface area (Å²) in [5.41, 5.74) is 0.206. The first-order valence-electron chi connectivity index (χ1n) is 8.81. The number of rotatable bonds is 8. The summed E-state index contributed by atoms with van der Waals surface area (Å²) in [5.74, 6) is -1.50. The van der Waals surface area contributed by atoms with E-state index in [1.165, 1.54) is 51.2 Å². The fourth-order valence-electron chi connectivity index (χ4n) is 2.49. The molecule has 0 saturated carbocycles. The Morgan fingerprint density at radius 2 is 1.57 bits per heavy atom. The highest BCUT2D eigenvalue weighted by atomic mass is 32.2. The number of carbonyl (C=O) groups is 2. The lowest BCUT2D eigenvalue weighted by molar-refractivity contribution is -0.116. The number of carbonyl (C=O) groups excluding carboxylic acids is 2. The normalized spacial score (nSPS) is 12.0. The van der Waals surface area contributed by atoms with Crippen molar-refractivity contribution >= 4 is 37.2 Å². The van der Waals surface area contributed by atoms with E-state index in [9.17, 15) is 31.5 Å². The smallest absolute Gasteiger partial charge is 0.243 e. The Kier molecular flexibility index (Phi) is 7.01. The van der Waals surface area contributed by atoms with Crippen molar-refractivity contribution in [1.29, 1.82) is 0 Å². The second-order valence-electron chi connectivity index (χ2n) is 6.47. The van der Waals surface area contributed by atoms with E-state index < -0.39 is 32.3 Å². The summed E-state index contributed by atoms with van der Waals surface area (Å²) < 4.78 is 50.0. The second-order valence-corrected chi connectivity index (χ2v) is 10.8. The zero-order valence-corrected chi connectivity index (χ0v) is 18.2. The van der Waals surface area contributed by atoms with Crippen LogP contribution in [0.2, 0.25) is 0 Å². The number of phenols is 1. The minimum absolute atomic E-state index is 0.0790. The van der Waals surface area contributed by atoms with Gasteiger partial charge in [0.1, 0.15) is 5.75 Å². The first-order chi connectivity index (χ1) is 13.9. The molecular weight excluding hydrogens is 432 g/mol. The summed E-state index contributed by atoms with van der Waals surface area (Å²) in [7, 11) is -6.37. The summed E-state index contributed by atoms with van der Waals surface area (Å²) in [4.78, 5) is 23.5. The van der Waals surface area contributed by atoms with Crippen molar-refractivity contribution < 1.29 is 31.5 Å². The molecule has 2 N–H and O–H groups in total. The lowest BCUT2D eigenvalue weighted by Gasteiger charge is -2.17. The number of amides is 1. The van der Waals surface area contributed by atoms with Gasteiger partial charge in [0.15, 0.2) is 15.6 Å². The Balaban J connectivity index is 2.18. The average Bonchev–Trinajstić information content (AvgIpc) is 2.69. The topological polar surface area (TPSA) is 138 Å². The van der Waals surface area contributed by atoms with Crippen LogP contribution >= 0.6 is 0 Å². The van der Waals surface area contributed by atoms with Crippen LogP contribution in [-0.4, -0.2) is 57.3 Å². The van der Waals surface area contributed by atoms with Crippen LogP contribution in [0.25, 0.3) is 0 Å². The molecule has 30 heavy (non-hydrogen) atoms. The van der Waals surface area contributed by atoms with Gasteiger partial charge in [0.2, 0.25) is 15.9 Å². The Labute approximate surface area is 175 Å². The van der Waals surface area contributed by atoms with Gasteiger partial charge in [-0.2, -0.15) is 4.31 Å². The summed E-state index contributed by atoms with van der Waals surface area (Å²) in [6.45, 7) is 2.24. The Hall–Kier alpha value is -2.76. The third-order valence-electron chi connectivity index (χ3n) is 4.32. The first kappa shape index (κ1) is 23.5. The number of ketones is 1. The predicted molar refractivity (Wildman–Crippen MR) is 111 cm³/mol. The van der Waals surface area contributed by atoms with Crippen molar-refractivity contribution in [2.45, 2.75) is 23.6 Å². The van der Waals surface area contributed by atoms with Crippen LogP contribution in [0.15, 0.2) is 52.3 Å². The Bertz CT molecular complexity index is 1170. The molecule has 0 heterocycles. The zero-order valence-electron chi connectivity index (χ0n) is 16.6. The average molecular weight is 455 g/mol. The lowest BCUT2D eigenvalue weighted by Crippen LogP contribution is -2.35. The van der Waals surface area contributed by atoms with E-state index in [-0.39, 0.29) is 32.8 Å². The third-order valence-corrected chi connectivity index (χ3v) is 7.87. The van der Waals surface area contributed by atoms with Crippen LogP contribution in [0.4, 0.5) is 5.69 Å². The number of anilines is 1. The highest BCUT2D eigenvalue weighted by molar-refractivity contribution is 7.91. The second kappa shape index (κ2) is 8.94. The van der Waals surface area contributed by atoms with Gasteiger partial charge < -0.3 is 10.4 Å². The van der Waals surface area contributed by atoms with Crippen molar-refractivity contribution in [1.82, 2.24) is 4.31 Å². The maximum absolute atomic E-state index is 12.6. The van der Waals surface area contributed by atoms with Gasteiger partial charge in [-0.05, 0) is 37.3 Å². The number of likely N-dealkylation sites (N-methyl/N-ethyl adjacent to an activating group) is 1. The molecule has 0 saturated heterocycles. The summed E-state index contributed by atoms with van der Waals surface area (Å²) >= 11 is 0. The van der Waals surface area contributed by atoms with Gasteiger partial charge in [-0.1, -0.05) is 19.1 Å². The fraction of sp³-hybridized carbons (Fsp3) is 0.263. The number of benzene rings is 2. The highest BCUT2D eigenvalue weighted by Gasteiger charge is 2.24. The van der Waals surface area contributed by atoms with E-state index in [1.54, 1.807) is 0 Å². The van der Waals surface area contributed by atoms with E-state index in [0.29, 0.717) is 5.56 Å². The van der Waals surface area contributed by atoms with E-state index in [2.05, 4.69) is 5.32 Å². The number of sulfone groups is 1. The van der Waals surface area contributed by atoms with Gasteiger partial charge in [-0.15, -0.1) is 0 Å². The molecular formula is C19H22N2O7S2. The molecule has 2 aromatic rings. The van der Waals surface area contributed by atoms with Crippen LogP contribution in [-0.2, 0) is 24.7 Å². The van der Waals surface area contributed by atoms with E-state index >= 15 is 0 Å². The van der Waals surface area contributed by atoms with Crippen LogP contribution in [0.5, 0.6) is 5.75 Å². The van der Waals surface area contributed by atoms with Gasteiger partial charge in [-0.3, -0.25) is 9.59 Å². The summed E-state index contributed by atoms with van der Waals surface area (Å²) in [6.07, 6.45) is 0. The summed E-state index contributed by atoms with van der Waals surface area (Å²) in [6, 6.07) is 8.75. The minimum Gasteiger partial charge on any atom is -0.506 e. The van der Waals surface area contributed by atoms with Crippen LogP contribution in [0, 0.1) is 0 Å². The zero-order chi connectivity index (χ0) is 22.7. The number of hydrogen-bond donors (Lipinski definition) is 2. The monoisotopic (exact) mass is 454 g/mol. The molecule has 0 spiro atoms. The molecule has 2 aromatic carbocycles. The molecule has 9 nitrogen and oxygen atoms in total. The van der Waals surface area contributed by atoms with Gasteiger partial charge >= 0.3 is 0 Å².